The summed E-state index contributed by atoms with van der Waals surface area (Å²) in [5.41, 5.74) is 5.81. The summed E-state index contributed by atoms with van der Waals surface area (Å²) in [7, 11) is 0. The number of aromatic nitrogens is 1. The Morgan fingerprint density at radius 3 is 2.50 bits per heavy atom. The molecule has 1 aromatic heterocycles. The third-order valence-electron chi connectivity index (χ3n) is 4.58. The van der Waals surface area contributed by atoms with E-state index in [0.29, 0.717) is 34.0 Å². The molecule has 4 rings (SSSR count). The van der Waals surface area contributed by atoms with E-state index in [-0.39, 0.29) is 12.0 Å². The van der Waals surface area contributed by atoms with Gasteiger partial charge in [0.15, 0.2) is 5.58 Å². The summed E-state index contributed by atoms with van der Waals surface area (Å²) in [6, 6.07) is 18.8. The fourth-order valence-corrected chi connectivity index (χ4v) is 3.41. The van der Waals surface area contributed by atoms with Crippen LogP contribution in [0.2, 0.25) is 0 Å². The van der Waals surface area contributed by atoms with Crippen LogP contribution < -0.4 is 10.1 Å². The molecule has 5 heteroatoms. The van der Waals surface area contributed by atoms with Crippen molar-refractivity contribution in [3.05, 3.63) is 77.4 Å². The molecule has 1 amide bonds. The molecule has 0 unspecified atom stereocenters. The second-order valence-electron chi connectivity index (χ2n) is 7.73. The van der Waals surface area contributed by atoms with Gasteiger partial charge in [-0.05, 0) is 76.2 Å². The van der Waals surface area contributed by atoms with Gasteiger partial charge in [0, 0.05) is 16.8 Å². The van der Waals surface area contributed by atoms with E-state index in [1.165, 1.54) is 0 Å². The Morgan fingerprint density at radius 2 is 1.77 bits per heavy atom. The van der Waals surface area contributed by atoms with Crippen molar-refractivity contribution in [1.82, 2.24) is 4.98 Å². The van der Waals surface area contributed by atoms with Crippen LogP contribution in [-0.2, 0) is 0 Å². The number of oxazole rings is 1. The number of carbonyl (C=O) groups is 1. The number of carbonyl (C=O) groups excluding carboxylic acids is 1. The standard InChI is InChI=1S/C25H24N2O3/c1-15(2)29-21-7-5-6-18(13-21)24(28)26-20-8-9-23-22(14-20)27-25(30-23)19-11-16(3)10-17(4)12-19/h5-15H,1-4H3,(H,26,28). The van der Waals surface area contributed by atoms with Gasteiger partial charge in [-0.1, -0.05) is 23.3 Å². The monoisotopic (exact) mass is 400 g/mol. The molecule has 0 bridgehead atoms. The Bertz CT molecular complexity index is 1200. The van der Waals surface area contributed by atoms with E-state index in [2.05, 4.69) is 16.4 Å². The lowest BCUT2D eigenvalue weighted by molar-refractivity contribution is 0.102. The Hall–Kier alpha value is -3.60. The van der Waals surface area contributed by atoms with Crippen LogP contribution in [0.4, 0.5) is 5.69 Å². The van der Waals surface area contributed by atoms with Gasteiger partial charge >= 0.3 is 0 Å². The van der Waals surface area contributed by atoms with Crippen LogP contribution >= 0.6 is 0 Å². The molecule has 30 heavy (non-hydrogen) atoms. The Balaban J connectivity index is 1.57. The van der Waals surface area contributed by atoms with Crippen LogP contribution in [0.15, 0.2) is 65.1 Å². The molecule has 0 saturated carbocycles. The molecule has 0 aliphatic rings. The summed E-state index contributed by atoms with van der Waals surface area (Å²) >= 11 is 0. The summed E-state index contributed by atoms with van der Waals surface area (Å²) in [6.07, 6.45) is 0.0456. The highest BCUT2D eigenvalue weighted by molar-refractivity contribution is 6.05. The maximum Gasteiger partial charge on any atom is 0.255 e. The highest BCUT2D eigenvalue weighted by Gasteiger charge is 2.12. The van der Waals surface area contributed by atoms with Crippen molar-refractivity contribution in [2.45, 2.75) is 33.8 Å². The van der Waals surface area contributed by atoms with Crippen molar-refractivity contribution in [3.8, 4) is 17.2 Å². The lowest BCUT2D eigenvalue weighted by Crippen LogP contribution is -2.12. The second-order valence-corrected chi connectivity index (χ2v) is 7.73. The Morgan fingerprint density at radius 1 is 1.00 bits per heavy atom. The molecule has 3 aromatic carbocycles. The van der Waals surface area contributed by atoms with E-state index < -0.39 is 0 Å². The summed E-state index contributed by atoms with van der Waals surface area (Å²) in [4.78, 5) is 17.3. The van der Waals surface area contributed by atoms with E-state index in [1.54, 1.807) is 12.1 Å². The molecule has 0 radical (unpaired) electrons. The average molecular weight is 400 g/mol. The molecule has 1 heterocycles. The highest BCUT2D eigenvalue weighted by Crippen LogP contribution is 2.28. The first kappa shape index (κ1) is 19.7. The summed E-state index contributed by atoms with van der Waals surface area (Å²) in [6.45, 7) is 8.00. The number of nitrogens with one attached hydrogen (secondary N) is 1. The third-order valence-corrected chi connectivity index (χ3v) is 4.58. The quantitative estimate of drug-likeness (QED) is 0.436. The smallest absolute Gasteiger partial charge is 0.255 e. The Labute approximate surface area is 175 Å². The van der Waals surface area contributed by atoms with Crippen LogP contribution in [0.25, 0.3) is 22.6 Å². The number of aryl methyl sites for hydroxylation is 2. The van der Waals surface area contributed by atoms with Gasteiger partial charge in [-0.25, -0.2) is 4.98 Å². The Kier molecular flexibility index (Phi) is 5.27. The lowest BCUT2D eigenvalue weighted by atomic mass is 10.1. The van der Waals surface area contributed by atoms with Crippen LogP contribution in [0.5, 0.6) is 5.75 Å². The van der Waals surface area contributed by atoms with Gasteiger partial charge in [0.25, 0.3) is 5.91 Å². The third kappa shape index (κ3) is 4.35. The fourth-order valence-electron chi connectivity index (χ4n) is 3.41. The van der Waals surface area contributed by atoms with Crippen molar-refractivity contribution in [2.75, 3.05) is 5.32 Å². The van der Waals surface area contributed by atoms with Crippen LogP contribution in [0.1, 0.15) is 35.3 Å². The number of nitrogens with zero attached hydrogens (tertiary/aromatic N) is 1. The van der Waals surface area contributed by atoms with Crippen LogP contribution in [0.3, 0.4) is 0 Å². The maximum atomic E-state index is 12.7. The first-order valence-corrected chi connectivity index (χ1v) is 9.95. The molecule has 0 aliphatic heterocycles. The van der Waals surface area contributed by atoms with E-state index in [4.69, 9.17) is 9.15 Å². The summed E-state index contributed by atoms with van der Waals surface area (Å²) in [5.74, 6) is 1.03. The molecule has 0 saturated heterocycles. The number of fused-ring (bicyclic) bond motifs is 1. The molecule has 152 valence electrons. The van der Waals surface area contributed by atoms with Gasteiger partial charge in [-0.2, -0.15) is 0 Å². The fraction of sp³-hybridized carbons (Fsp3) is 0.200. The molecule has 4 aromatic rings. The number of ether oxygens (including phenoxy) is 1. The van der Waals surface area contributed by atoms with E-state index in [1.807, 2.05) is 70.2 Å². The SMILES string of the molecule is Cc1cc(C)cc(-c2nc3cc(NC(=O)c4cccc(OC(C)C)c4)ccc3o2)c1. The maximum absolute atomic E-state index is 12.7. The van der Waals surface area contributed by atoms with Crippen molar-refractivity contribution >= 4 is 22.7 Å². The lowest BCUT2D eigenvalue weighted by Gasteiger charge is -2.11. The number of amides is 1. The first-order valence-electron chi connectivity index (χ1n) is 9.95. The zero-order chi connectivity index (χ0) is 21.3. The van der Waals surface area contributed by atoms with Crippen molar-refractivity contribution in [2.24, 2.45) is 0 Å². The number of benzene rings is 3. The van der Waals surface area contributed by atoms with E-state index in [0.717, 1.165) is 16.7 Å². The predicted octanol–water partition coefficient (Wildman–Crippen LogP) is 6.15. The predicted molar refractivity (Wildman–Crippen MR) is 119 cm³/mol. The van der Waals surface area contributed by atoms with Crippen molar-refractivity contribution in [3.63, 3.8) is 0 Å². The average Bonchev–Trinajstić information content (AvgIpc) is 3.10. The molecule has 5 nitrogen and oxygen atoms in total. The number of rotatable bonds is 5. The van der Waals surface area contributed by atoms with Gasteiger partial charge in [0.2, 0.25) is 5.89 Å². The minimum atomic E-state index is -0.207. The number of hydrogen-bond donors (Lipinski definition) is 1. The minimum absolute atomic E-state index is 0.0456. The number of anilines is 1. The minimum Gasteiger partial charge on any atom is -0.491 e. The number of hydrogen-bond acceptors (Lipinski definition) is 4. The van der Waals surface area contributed by atoms with Gasteiger partial charge in [-0.15, -0.1) is 0 Å². The zero-order valence-electron chi connectivity index (χ0n) is 17.5. The zero-order valence-corrected chi connectivity index (χ0v) is 17.5. The highest BCUT2D eigenvalue weighted by atomic mass is 16.5. The first-order chi connectivity index (χ1) is 14.4. The van der Waals surface area contributed by atoms with Crippen molar-refractivity contribution < 1.29 is 13.9 Å². The molecule has 0 aliphatic carbocycles. The van der Waals surface area contributed by atoms with Crippen LogP contribution in [-0.4, -0.2) is 17.0 Å². The molecule has 1 N–H and O–H groups in total. The molecule has 0 spiro atoms. The van der Waals surface area contributed by atoms with Crippen molar-refractivity contribution in [1.29, 1.82) is 0 Å². The van der Waals surface area contributed by atoms with Gasteiger partial charge in [0.05, 0.1) is 6.10 Å². The van der Waals surface area contributed by atoms with E-state index >= 15 is 0 Å². The normalized spacial score (nSPS) is 11.1. The molecule has 0 atom stereocenters. The largest absolute Gasteiger partial charge is 0.491 e. The summed E-state index contributed by atoms with van der Waals surface area (Å²) < 4.78 is 11.6. The second kappa shape index (κ2) is 8.03. The van der Waals surface area contributed by atoms with Gasteiger partial charge < -0.3 is 14.5 Å². The van der Waals surface area contributed by atoms with Gasteiger partial charge in [-0.3, -0.25) is 4.79 Å². The molecular weight excluding hydrogens is 376 g/mol. The van der Waals surface area contributed by atoms with Crippen LogP contribution in [0, 0.1) is 13.8 Å². The molecule has 0 fully saturated rings. The van der Waals surface area contributed by atoms with Gasteiger partial charge in [0.1, 0.15) is 11.3 Å². The topological polar surface area (TPSA) is 64.4 Å². The van der Waals surface area contributed by atoms with E-state index in [9.17, 15) is 4.79 Å². The molecular formula is C25H24N2O3. The summed E-state index contributed by atoms with van der Waals surface area (Å²) in [5, 5.41) is 2.92.